The average molecular weight is 477 g/mol. The van der Waals surface area contributed by atoms with E-state index in [9.17, 15) is 4.79 Å². The zero-order valence-electron chi connectivity index (χ0n) is 15.6. The second-order valence-corrected chi connectivity index (χ2v) is 8.95. The number of hydrogen-bond donors (Lipinski definition) is 0. The predicted octanol–water partition coefficient (Wildman–Crippen LogP) is 5.96. The highest BCUT2D eigenvalue weighted by atomic mass is 35.5. The summed E-state index contributed by atoms with van der Waals surface area (Å²) in [5, 5.41) is 1.51. The van der Waals surface area contributed by atoms with E-state index in [0.29, 0.717) is 33.8 Å². The largest absolute Gasteiger partial charge is 0.308 e. The van der Waals surface area contributed by atoms with Gasteiger partial charge in [0.2, 0.25) is 0 Å². The molecule has 3 aromatic rings. The highest BCUT2D eigenvalue weighted by Crippen LogP contribution is 2.33. The Morgan fingerprint density at radius 2 is 1.89 bits per heavy atom. The molecule has 0 aliphatic carbocycles. The van der Waals surface area contributed by atoms with Crippen LogP contribution in [0.5, 0.6) is 0 Å². The molecule has 0 saturated carbocycles. The molecule has 0 atom stereocenters. The van der Waals surface area contributed by atoms with Gasteiger partial charge < -0.3 is 4.90 Å². The summed E-state index contributed by atoms with van der Waals surface area (Å²) in [6.45, 7) is 1.21. The van der Waals surface area contributed by atoms with Crippen molar-refractivity contribution in [1.82, 2.24) is 9.88 Å². The van der Waals surface area contributed by atoms with Crippen molar-refractivity contribution in [2.75, 3.05) is 38.3 Å². The van der Waals surface area contributed by atoms with Gasteiger partial charge in [0.15, 0.2) is 5.13 Å². The van der Waals surface area contributed by atoms with Crippen molar-refractivity contribution < 1.29 is 4.79 Å². The molecule has 0 saturated heterocycles. The standard InChI is InChI=1S/C19H19Cl2N3OS2.ClH/c1-23(2)8-9-24(18(25)14-10-12(20)4-6-15(14)21)19-22-16-7-5-13(26-3)11-17(16)27-19;/h4-7,10-11H,8-9H2,1-3H3;1H. The van der Waals surface area contributed by atoms with Crippen LogP contribution in [-0.4, -0.2) is 49.2 Å². The summed E-state index contributed by atoms with van der Waals surface area (Å²) >= 11 is 15.5. The van der Waals surface area contributed by atoms with E-state index >= 15 is 0 Å². The minimum absolute atomic E-state index is 0. The van der Waals surface area contributed by atoms with E-state index in [0.717, 1.165) is 10.2 Å². The van der Waals surface area contributed by atoms with Gasteiger partial charge >= 0.3 is 0 Å². The number of aromatic nitrogens is 1. The number of carbonyl (C=O) groups excluding carboxylic acids is 1. The Labute approximate surface area is 189 Å². The molecule has 0 radical (unpaired) electrons. The fourth-order valence-corrected chi connectivity index (χ4v) is 4.44. The molecule has 0 aliphatic heterocycles. The summed E-state index contributed by atoms with van der Waals surface area (Å²) in [5.41, 5.74) is 1.26. The Morgan fingerprint density at radius 3 is 2.57 bits per heavy atom. The molecule has 3 rings (SSSR count). The van der Waals surface area contributed by atoms with Gasteiger partial charge in [0, 0.05) is 23.0 Å². The molecular weight excluding hydrogens is 457 g/mol. The van der Waals surface area contributed by atoms with Crippen molar-refractivity contribution in [2.24, 2.45) is 0 Å². The number of thioether (sulfide) groups is 1. The number of thiazole rings is 1. The zero-order valence-corrected chi connectivity index (χ0v) is 19.6. The van der Waals surface area contributed by atoms with Crippen LogP contribution in [0, 0.1) is 0 Å². The van der Waals surface area contributed by atoms with Crippen LogP contribution in [0.1, 0.15) is 10.4 Å². The molecular formula is C19H20Cl3N3OS2. The molecule has 0 bridgehead atoms. The molecule has 1 heterocycles. The van der Waals surface area contributed by atoms with Crippen molar-refractivity contribution in [3.63, 3.8) is 0 Å². The predicted molar refractivity (Wildman–Crippen MR) is 125 cm³/mol. The second kappa shape index (κ2) is 10.1. The van der Waals surface area contributed by atoms with Gasteiger partial charge in [-0.05, 0) is 56.7 Å². The van der Waals surface area contributed by atoms with Gasteiger partial charge in [0.1, 0.15) is 0 Å². The van der Waals surface area contributed by atoms with E-state index in [1.165, 1.54) is 16.2 Å². The fraction of sp³-hybridized carbons (Fsp3) is 0.263. The number of nitrogens with zero attached hydrogens (tertiary/aromatic N) is 3. The number of fused-ring (bicyclic) bond motifs is 1. The van der Waals surface area contributed by atoms with Crippen LogP contribution in [0.2, 0.25) is 10.0 Å². The van der Waals surface area contributed by atoms with E-state index in [1.807, 2.05) is 37.4 Å². The quantitative estimate of drug-likeness (QED) is 0.412. The molecule has 150 valence electrons. The molecule has 0 unspecified atom stereocenters. The highest BCUT2D eigenvalue weighted by Gasteiger charge is 2.23. The maximum atomic E-state index is 13.3. The molecule has 0 N–H and O–H groups in total. The molecule has 9 heteroatoms. The van der Waals surface area contributed by atoms with Crippen LogP contribution in [0.25, 0.3) is 10.2 Å². The number of anilines is 1. The lowest BCUT2D eigenvalue weighted by molar-refractivity contribution is 0.0985. The monoisotopic (exact) mass is 475 g/mol. The van der Waals surface area contributed by atoms with E-state index in [-0.39, 0.29) is 18.3 Å². The van der Waals surface area contributed by atoms with Gasteiger partial charge in [-0.25, -0.2) is 4.98 Å². The Kier molecular flexibility index (Phi) is 8.43. The van der Waals surface area contributed by atoms with Gasteiger partial charge in [-0.1, -0.05) is 34.5 Å². The SMILES string of the molecule is CSc1ccc2nc(N(CCN(C)C)C(=O)c3cc(Cl)ccc3Cl)sc2c1.Cl. The molecule has 4 nitrogen and oxygen atoms in total. The van der Waals surface area contributed by atoms with Crippen molar-refractivity contribution in [3.05, 3.63) is 52.0 Å². The lowest BCUT2D eigenvalue weighted by atomic mass is 10.2. The van der Waals surface area contributed by atoms with Gasteiger partial charge in [-0.2, -0.15) is 0 Å². The lowest BCUT2D eigenvalue weighted by Gasteiger charge is -2.22. The number of benzene rings is 2. The molecule has 28 heavy (non-hydrogen) atoms. The molecule has 1 aromatic heterocycles. The van der Waals surface area contributed by atoms with Crippen LogP contribution in [0.15, 0.2) is 41.3 Å². The van der Waals surface area contributed by atoms with Crippen molar-refractivity contribution >= 4 is 80.0 Å². The first-order valence-corrected chi connectivity index (χ1v) is 11.0. The number of amides is 1. The zero-order chi connectivity index (χ0) is 19.6. The summed E-state index contributed by atoms with van der Waals surface area (Å²) in [5.74, 6) is -0.200. The third kappa shape index (κ3) is 5.32. The molecule has 0 aliphatic rings. The number of halogens is 3. The first-order chi connectivity index (χ1) is 12.9. The van der Waals surface area contributed by atoms with Crippen molar-refractivity contribution in [3.8, 4) is 0 Å². The van der Waals surface area contributed by atoms with E-state index in [4.69, 9.17) is 23.2 Å². The Bertz CT molecular complexity index is 978. The summed E-state index contributed by atoms with van der Waals surface area (Å²) in [7, 11) is 3.94. The third-order valence-corrected chi connectivity index (χ3v) is 6.32. The number of carbonyl (C=O) groups is 1. The van der Waals surface area contributed by atoms with Gasteiger partial charge in [0.05, 0.1) is 20.8 Å². The smallest absolute Gasteiger partial charge is 0.261 e. The molecule has 0 spiro atoms. The van der Waals surface area contributed by atoms with Crippen LogP contribution >= 0.6 is 58.7 Å². The Balaban J connectivity index is 0.00000280. The third-order valence-electron chi connectivity index (χ3n) is 3.99. The Morgan fingerprint density at radius 1 is 1.14 bits per heavy atom. The first-order valence-electron chi connectivity index (χ1n) is 8.25. The summed E-state index contributed by atoms with van der Waals surface area (Å²) in [4.78, 5) is 22.8. The van der Waals surface area contributed by atoms with Crippen LogP contribution in [-0.2, 0) is 0 Å². The lowest BCUT2D eigenvalue weighted by Crippen LogP contribution is -2.36. The summed E-state index contributed by atoms with van der Waals surface area (Å²) < 4.78 is 1.05. The maximum Gasteiger partial charge on any atom is 0.261 e. The number of likely N-dealkylation sites (N-methyl/N-ethyl adjacent to an activating group) is 1. The minimum Gasteiger partial charge on any atom is -0.308 e. The summed E-state index contributed by atoms with van der Waals surface area (Å²) in [6, 6.07) is 11.0. The van der Waals surface area contributed by atoms with Crippen LogP contribution < -0.4 is 4.90 Å². The first kappa shape index (κ1) is 23.3. The van der Waals surface area contributed by atoms with Crippen molar-refractivity contribution in [2.45, 2.75) is 4.90 Å². The minimum atomic E-state index is -0.200. The number of hydrogen-bond acceptors (Lipinski definition) is 5. The van der Waals surface area contributed by atoms with E-state index in [1.54, 1.807) is 34.9 Å². The topological polar surface area (TPSA) is 36.4 Å². The number of rotatable bonds is 6. The second-order valence-electron chi connectivity index (χ2n) is 6.21. The van der Waals surface area contributed by atoms with Gasteiger partial charge in [-0.15, -0.1) is 24.2 Å². The normalized spacial score (nSPS) is 10.9. The van der Waals surface area contributed by atoms with Gasteiger partial charge in [-0.3, -0.25) is 9.69 Å². The van der Waals surface area contributed by atoms with E-state index in [2.05, 4.69) is 11.1 Å². The molecule has 0 fully saturated rings. The summed E-state index contributed by atoms with van der Waals surface area (Å²) in [6.07, 6.45) is 2.04. The fourth-order valence-electron chi connectivity index (χ4n) is 2.53. The average Bonchev–Trinajstić information content (AvgIpc) is 3.06. The van der Waals surface area contributed by atoms with E-state index < -0.39 is 0 Å². The Hall–Kier alpha value is -1.02. The van der Waals surface area contributed by atoms with Gasteiger partial charge in [0.25, 0.3) is 5.91 Å². The molecule has 2 aromatic carbocycles. The van der Waals surface area contributed by atoms with Crippen LogP contribution in [0.3, 0.4) is 0 Å². The maximum absolute atomic E-state index is 13.3. The molecule has 1 amide bonds. The van der Waals surface area contributed by atoms with Crippen molar-refractivity contribution in [1.29, 1.82) is 0 Å². The highest BCUT2D eigenvalue weighted by molar-refractivity contribution is 7.98. The van der Waals surface area contributed by atoms with Crippen LogP contribution in [0.4, 0.5) is 5.13 Å².